The number of anilines is 2. The molecule has 0 radical (unpaired) electrons. The van der Waals surface area contributed by atoms with Crippen LogP contribution in [0.2, 0.25) is 0 Å². The number of aliphatic hydroxyl groups excluding tert-OH is 1. The van der Waals surface area contributed by atoms with Gasteiger partial charge in [-0.05, 0) is 51.0 Å². The van der Waals surface area contributed by atoms with Gasteiger partial charge in [-0.15, -0.1) is 11.8 Å². The Hall–Kier alpha value is -1.78. The van der Waals surface area contributed by atoms with Gasteiger partial charge in [0.1, 0.15) is 6.04 Å². The Labute approximate surface area is 219 Å². The van der Waals surface area contributed by atoms with E-state index in [4.69, 9.17) is 0 Å². The first-order valence-corrected chi connectivity index (χ1v) is 14.2. The summed E-state index contributed by atoms with van der Waals surface area (Å²) in [6.07, 6.45) is 1.13. The van der Waals surface area contributed by atoms with Gasteiger partial charge in [-0.3, -0.25) is 14.4 Å². The summed E-state index contributed by atoms with van der Waals surface area (Å²) in [4.78, 5) is 44.4. The highest BCUT2D eigenvalue weighted by atomic mass is 79.9. The van der Waals surface area contributed by atoms with Crippen molar-refractivity contribution in [2.24, 2.45) is 11.8 Å². The summed E-state index contributed by atoms with van der Waals surface area (Å²) in [6.45, 7) is 7.65. The minimum absolute atomic E-state index is 0.0247. The highest BCUT2D eigenvalue weighted by Gasteiger charge is 2.76. The molecule has 0 aliphatic carbocycles. The fourth-order valence-electron chi connectivity index (χ4n) is 6.20. The molecule has 3 unspecified atom stereocenters. The number of thioether (sulfide) groups is 1. The number of fused-ring (bicyclic) bond motifs is 1. The van der Waals surface area contributed by atoms with Crippen LogP contribution in [0.1, 0.15) is 33.6 Å². The van der Waals surface area contributed by atoms with Gasteiger partial charge in [-0.2, -0.15) is 0 Å². The summed E-state index contributed by atoms with van der Waals surface area (Å²) in [7, 11) is 1.58. The Kier molecular flexibility index (Phi) is 7.74. The normalized spacial score (nSPS) is 31.9. The summed E-state index contributed by atoms with van der Waals surface area (Å²) in [6, 6.07) is 6.47. The Bertz CT molecular complexity index is 971. The molecule has 0 aromatic heterocycles. The molecule has 3 aliphatic rings. The van der Waals surface area contributed by atoms with E-state index in [1.807, 2.05) is 31.2 Å². The van der Waals surface area contributed by atoms with E-state index in [0.29, 0.717) is 18.5 Å². The number of nitrogens with one attached hydrogen (secondary N) is 2. The monoisotopic (exact) mass is 566 g/mol. The van der Waals surface area contributed by atoms with Gasteiger partial charge in [0.25, 0.3) is 0 Å². The summed E-state index contributed by atoms with van der Waals surface area (Å²) in [5.41, 5.74) is 1.74. The first-order valence-electron chi connectivity index (χ1n) is 12.4. The number of benzene rings is 1. The van der Waals surface area contributed by atoms with Gasteiger partial charge < -0.3 is 25.5 Å². The van der Waals surface area contributed by atoms with E-state index in [2.05, 4.69) is 45.3 Å². The molecule has 1 spiro atoms. The zero-order valence-corrected chi connectivity index (χ0v) is 23.1. The molecule has 0 saturated carbocycles. The fraction of sp³-hybridized carbons (Fsp3) is 0.640. The van der Waals surface area contributed by atoms with Crippen molar-refractivity contribution in [2.45, 2.75) is 60.5 Å². The molecule has 192 valence electrons. The molecule has 2 bridgehead atoms. The van der Waals surface area contributed by atoms with Crippen LogP contribution in [0.3, 0.4) is 0 Å². The molecule has 1 aromatic rings. The zero-order chi connectivity index (χ0) is 25.5. The van der Waals surface area contributed by atoms with Crippen molar-refractivity contribution in [1.29, 1.82) is 0 Å². The van der Waals surface area contributed by atoms with Crippen molar-refractivity contribution < 1.29 is 19.5 Å². The highest BCUT2D eigenvalue weighted by Crippen LogP contribution is 2.68. The lowest BCUT2D eigenvalue weighted by molar-refractivity contribution is -0.142. The number of carbonyl (C=O) groups is 3. The molecule has 3 fully saturated rings. The van der Waals surface area contributed by atoms with Crippen molar-refractivity contribution in [3.63, 3.8) is 0 Å². The van der Waals surface area contributed by atoms with Gasteiger partial charge >= 0.3 is 0 Å². The van der Waals surface area contributed by atoms with Gasteiger partial charge in [0.2, 0.25) is 17.7 Å². The summed E-state index contributed by atoms with van der Waals surface area (Å²) < 4.78 is -0.721. The maximum absolute atomic E-state index is 13.9. The maximum atomic E-state index is 13.9. The van der Waals surface area contributed by atoms with Crippen LogP contribution in [0.5, 0.6) is 0 Å². The van der Waals surface area contributed by atoms with Gasteiger partial charge in [-0.25, -0.2) is 0 Å². The predicted octanol–water partition coefficient (Wildman–Crippen LogP) is 2.45. The summed E-state index contributed by atoms with van der Waals surface area (Å²) >= 11 is 5.33. The molecule has 3 amide bonds. The van der Waals surface area contributed by atoms with Gasteiger partial charge in [0.05, 0.1) is 29.2 Å². The van der Waals surface area contributed by atoms with E-state index in [1.54, 1.807) is 23.7 Å². The fourth-order valence-corrected chi connectivity index (χ4v) is 9.80. The zero-order valence-electron chi connectivity index (χ0n) is 20.7. The van der Waals surface area contributed by atoms with E-state index in [1.165, 1.54) is 0 Å². The Balaban J connectivity index is 1.69. The number of carbonyl (C=O) groups excluding carboxylic acids is 3. The predicted molar refractivity (Wildman–Crippen MR) is 143 cm³/mol. The lowest BCUT2D eigenvalue weighted by Gasteiger charge is -2.37. The lowest BCUT2D eigenvalue weighted by atomic mass is 9.70. The van der Waals surface area contributed by atoms with E-state index < -0.39 is 28.7 Å². The van der Waals surface area contributed by atoms with Gasteiger partial charge in [0, 0.05) is 41.6 Å². The van der Waals surface area contributed by atoms with E-state index in [9.17, 15) is 19.5 Å². The van der Waals surface area contributed by atoms with Crippen LogP contribution in [0, 0.1) is 11.8 Å². The summed E-state index contributed by atoms with van der Waals surface area (Å²) in [5.74, 6) is -1.75. The van der Waals surface area contributed by atoms with Crippen molar-refractivity contribution >= 4 is 56.8 Å². The smallest absolute Gasteiger partial charge is 0.248 e. The number of rotatable bonds is 9. The molecule has 8 nitrogen and oxygen atoms in total. The summed E-state index contributed by atoms with van der Waals surface area (Å²) in [5, 5.41) is 15.8. The first-order chi connectivity index (χ1) is 16.8. The topological polar surface area (TPSA) is 102 Å². The lowest BCUT2D eigenvalue weighted by Crippen LogP contribution is -2.55. The van der Waals surface area contributed by atoms with Crippen LogP contribution in [0.15, 0.2) is 24.3 Å². The Morgan fingerprint density at radius 2 is 1.89 bits per heavy atom. The third-order valence-corrected chi connectivity index (χ3v) is 11.1. The van der Waals surface area contributed by atoms with Crippen molar-refractivity contribution in [2.75, 3.05) is 37.0 Å². The number of alkyl halides is 1. The molecule has 1 aromatic carbocycles. The van der Waals surface area contributed by atoms with Crippen LogP contribution in [0.4, 0.5) is 11.4 Å². The molecule has 4 rings (SSSR count). The van der Waals surface area contributed by atoms with Crippen molar-refractivity contribution in [3.8, 4) is 0 Å². The average molecular weight is 568 g/mol. The molecule has 10 heteroatoms. The van der Waals surface area contributed by atoms with Crippen molar-refractivity contribution in [1.82, 2.24) is 10.2 Å². The highest BCUT2D eigenvalue weighted by molar-refractivity contribution is 9.09. The van der Waals surface area contributed by atoms with E-state index >= 15 is 0 Å². The number of likely N-dealkylation sites (tertiary alicyclic amines) is 1. The molecule has 3 N–H and O–H groups in total. The maximum Gasteiger partial charge on any atom is 0.248 e. The Morgan fingerprint density at radius 3 is 2.43 bits per heavy atom. The second-order valence-electron chi connectivity index (χ2n) is 9.48. The van der Waals surface area contributed by atoms with Gasteiger partial charge in [-0.1, -0.05) is 22.9 Å². The molecule has 3 aliphatic heterocycles. The number of halogens is 1. The third-order valence-electron chi connectivity index (χ3n) is 7.86. The van der Waals surface area contributed by atoms with E-state index in [0.717, 1.165) is 18.8 Å². The molecule has 35 heavy (non-hydrogen) atoms. The minimum Gasteiger partial charge on any atom is -0.394 e. The van der Waals surface area contributed by atoms with Crippen LogP contribution >= 0.6 is 27.7 Å². The average Bonchev–Trinajstić information content (AvgIpc) is 3.45. The largest absolute Gasteiger partial charge is 0.394 e. The minimum atomic E-state index is -0.774. The molecule has 7 atom stereocenters. The SMILES string of the molecule is CC[C@@H](CO)N1C(=O)[C@@H]2[C@@H](C(=O)NC)[C@@H]3SC2(CC3Br)C1C(=O)Nc1ccc(N(CC)CC)cc1. The molecular weight excluding hydrogens is 532 g/mol. The van der Waals surface area contributed by atoms with Crippen LogP contribution in [-0.2, 0) is 14.4 Å². The number of aliphatic hydroxyl groups is 1. The molecule has 3 saturated heterocycles. The quantitative estimate of drug-likeness (QED) is 0.397. The first kappa shape index (κ1) is 26.3. The number of nitrogens with zero attached hydrogens (tertiary/aromatic N) is 2. The van der Waals surface area contributed by atoms with Crippen LogP contribution in [0.25, 0.3) is 0 Å². The number of hydrogen-bond acceptors (Lipinski definition) is 6. The molecule has 3 heterocycles. The third kappa shape index (κ3) is 4.15. The molecular formula is C25H35BrN4O4S. The number of hydrogen-bond donors (Lipinski definition) is 3. The van der Waals surface area contributed by atoms with Crippen molar-refractivity contribution in [3.05, 3.63) is 24.3 Å². The second-order valence-corrected chi connectivity index (χ2v) is 12.2. The van der Waals surface area contributed by atoms with Crippen LogP contribution in [-0.4, -0.2) is 81.4 Å². The van der Waals surface area contributed by atoms with Crippen LogP contribution < -0.4 is 15.5 Å². The van der Waals surface area contributed by atoms with E-state index in [-0.39, 0.29) is 34.4 Å². The number of amides is 3. The second kappa shape index (κ2) is 10.3. The van der Waals surface area contributed by atoms with Gasteiger partial charge in [0.15, 0.2) is 0 Å². The Morgan fingerprint density at radius 1 is 1.23 bits per heavy atom. The standard InChI is InChI=1S/C25H35BrN4O4S/c1-5-15(13-31)30-21(23(33)28-14-8-10-16(11-9-14)29(6-2)7-3)25-12-17(26)20(35-25)18(22(32)27-4)19(25)24(30)34/h8-11,15,17-21,31H,5-7,12-13H2,1-4H3,(H,27,32)(H,28,33)/t15-,17?,18+,19-,20+,21?,25?/m0/s1.